The number of methoxy groups -OCH3 is 1. The normalized spacial score (nSPS) is 12.3. The summed E-state index contributed by atoms with van der Waals surface area (Å²) in [4.78, 5) is 13.4. The second-order valence-electron chi connectivity index (χ2n) is 6.43. The molecule has 0 unspecified atom stereocenters. The molecule has 1 aliphatic rings. The van der Waals surface area contributed by atoms with Crippen LogP contribution in [-0.4, -0.2) is 13.9 Å². The molecule has 0 bridgehead atoms. The summed E-state index contributed by atoms with van der Waals surface area (Å²) < 4.78 is 22.3. The van der Waals surface area contributed by atoms with E-state index in [4.69, 9.17) is 18.6 Å². The second kappa shape index (κ2) is 6.46. The molecular weight excluding hydrogens is 356 g/mol. The summed E-state index contributed by atoms with van der Waals surface area (Å²) in [7, 11) is 1.61. The Bertz CT molecular complexity index is 1240. The van der Waals surface area contributed by atoms with Crippen molar-refractivity contribution in [1.29, 1.82) is 0 Å². The Morgan fingerprint density at radius 1 is 0.857 bits per heavy atom. The Kier molecular flexibility index (Phi) is 3.79. The van der Waals surface area contributed by atoms with E-state index in [1.54, 1.807) is 19.2 Å². The first-order valence-corrected chi connectivity index (χ1v) is 8.85. The van der Waals surface area contributed by atoms with Gasteiger partial charge in [0.25, 0.3) is 0 Å². The first kappa shape index (κ1) is 16.4. The molecule has 3 aromatic carbocycles. The lowest BCUT2D eigenvalue weighted by Crippen LogP contribution is -2.07. The summed E-state index contributed by atoms with van der Waals surface area (Å²) in [6, 6.07) is 20.2. The first-order valence-electron chi connectivity index (χ1n) is 8.85. The molecule has 28 heavy (non-hydrogen) atoms. The largest absolute Gasteiger partial charge is 0.497 e. The minimum atomic E-state index is -0.0912. The number of hydrogen-bond acceptors (Lipinski definition) is 5. The van der Waals surface area contributed by atoms with Gasteiger partial charge in [-0.05, 0) is 54.1 Å². The maximum Gasteiger partial charge on any atom is 0.231 e. The lowest BCUT2D eigenvalue weighted by atomic mass is 9.98. The first-order chi connectivity index (χ1) is 13.7. The van der Waals surface area contributed by atoms with Crippen LogP contribution in [0.2, 0.25) is 0 Å². The van der Waals surface area contributed by atoms with Crippen molar-refractivity contribution in [3.63, 3.8) is 0 Å². The standard InChI is InChI=1S/C23H16O5/c1-25-16-9-6-14(7-10-16)23-21(15-8-11-19-20(12-15)27-13-26-19)22(24)17-4-2-3-5-18(17)28-23/h2-12H,13H2,1H3. The zero-order chi connectivity index (χ0) is 19.1. The van der Waals surface area contributed by atoms with Gasteiger partial charge in [0, 0.05) is 5.56 Å². The predicted octanol–water partition coefficient (Wildman–Crippen LogP) is 4.86. The number of rotatable bonds is 3. The van der Waals surface area contributed by atoms with E-state index >= 15 is 0 Å². The zero-order valence-electron chi connectivity index (χ0n) is 15.1. The molecule has 0 radical (unpaired) electrons. The number of ether oxygens (including phenoxy) is 3. The van der Waals surface area contributed by atoms with Gasteiger partial charge in [-0.25, -0.2) is 0 Å². The van der Waals surface area contributed by atoms with E-state index in [1.165, 1.54) is 0 Å². The third kappa shape index (κ3) is 2.60. The molecule has 0 fully saturated rings. The molecule has 0 saturated heterocycles. The molecule has 5 nitrogen and oxygen atoms in total. The summed E-state index contributed by atoms with van der Waals surface area (Å²) in [6.07, 6.45) is 0. The molecule has 0 atom stereocenters. The van der Waals surface area contributed by atoms with E-state index in [2.05, 4.69) is 0 Å². The molecule has 1 aromatic heterocycles. The van der Waals surface area contributed by atoms with Gasteiger partial charge in [0.05, 0.1) is 18.1 Å². The molecule has 0 aliphatic carbocycles. The van der Waals surface area contributed by atoms with Crippen LogP contribution in [0.4, 0.5) is 0 Å². The van der Waals surface area contributed by atoms with Gasteiger partial charge < -0.3 is 18.6 Å². The molecule has 0 spiro atoms. The van der Waals surface area contributed by atoms with Gasteiger partial charge in [-0.15, -0.1) is 0 Å². The Hall–Kier alpha value is -3.73. The molecule has 5 rings (SSSR count). The third-order valence-electron chi connectivity index (χ3n) is 4.81. The van der Waals surface area contributed by atoms with Crippen LogP contribution in [0, 0.1) is 0 Å². The number of hydrogen-bond donors (Lipinski definition) is 0. The number of benzene rings is 3. The highest BCUT2D eigenvalue weighted by Gasteiger charge is 2.21. The van der Waals surface area contributed by atoms with Crippen LogP contribution in [0.25, 0.3) is 33.4 Å². The lowest BCUT2D eigenvalue weighted by molar-refractivity contribution is 0.174. The average molecular weight is 372 g/mol. The summed E-state index contributed by atoms with van der Waals surface area (Å²) in [5.41, 5.74) is 2.45. The second-order valence-corrected chi connectivity index (χ2v) is 6.43. The molecule has 0 amide bonds. The Morgan fingerprint density at radius 2 is 1.61 bits per heavy atom. The van der Waals surface area contributed by atoms with E-state index in [9.17, 15) is 4.79 Å². The average Bonchev–Trinajstić information content (AvgIpc) is 3.21. The molecule has 4 aromatic rings. The topological polar surface area (TPSA) is 57.9 Å². The van der Waals surface area contributed by atoms with E-state index in [0.29, 0.717) is 33.8 Å². The van der Waals surface area contributed by atoms with Crippen LogP contribution in [-0.2, 0) is 0 Å². The molecule has 1 aliphatic heterocycles. The number of fused-ring (bicyclic) bond motifs is 2. The van der Waals surface area contributed by atoms with Crippen molar-refractivity contribution in [2.24, 2.45) is 0 Å². The fourth-order valence-corrected chi connectivity index (χ4v) is 3.40. The van der Waals surface area contributed by atoms with Gasteiger partial charge in [-0.3, -0.25) is 4.79 Å². The van der Waals surface area contributed by atoms with Crippen LogP contribution in [0.15, 0.2) is 75.9 Å². The molecule has 2 heterocycles. The minimum Gasteiger partial charge on any atom is -0.497 e. The van der Waals surface area contributed by atoms with Crippen LogP contribution in [0.5, 0.6) is 17.2 Å². The minimum absolute atomic E-state index is 0.0912. The summed E-state index contributed by atoms with van der Waals surface area (Å²) in [6.45, 7) is 0.177. The van der Waals surface area contributed by atoms with Crippen molar-refractivity contribution >= 4 is 11.0 Å². The Balaban J connectivity index is 1.80. The Morgan fingerprint density at radius 3 is 2.43 bits per heavy atom. The smallest absolute Gasteiger partial charge is 0.231 e. The van der Waals surface area contributed by atoms with Crippen molar-refractivity contribution in [3.05, 3.63) is 77.0 Å². The maximum atomic E-state index is 13.4. The van der Waals surface area contributed by atoms with Gasteiger partial charge in [-0.1, -0.05) is 18.2 Å². The van der Waals surface area contributed by atoms with Crippen LogP contribution in [0.1, 0.15) is 0 Å². The third-order valence-corrected chi connectivity index (χ3v) is 4.81. The van der Waals surface area contributed by atoms with Gasteiger partial charge >= 0.3 is 0 Å². The van der Waals surface area contributed by atoms with Gasteiger partial charge in [0.1, 0.15) is 17.1 Å². The van der Waals surface area contributed by atoms with E-state index < -0.39 is 0 Å². The Labute approximate surface area is 160 Å². The van der Waals surface area contributed by atoms with Crippen LogP contribution in [0.3, 0.4) is 0 Å². The van der Waals surface area contributed by atoms with E-state index in [-0.39, 0.29) is 12.2 Å². The van der Waals surface area contributed by atoms with E-state index in [0.717, 1.165) is 16.9 Å². The van der Waals surface area contributed by atoms with Crippen molar-refractivity contribution in [2.45, 2.75) is 0 Å². The highest BCUT2D eigenvalue weighted by atomic mass is 16.7. The molecule has 5 heteroatoms. The molecule has 0 saturated carbocycles. The van der Waals surface area contributed by atoms with Crippen molar-refractivity contribution < 1.29 is 18.6 Å². The van der Waals surface area contributed by atoms with Gasteiger partial charge in [0.2, 0.25) is 12.2 Å². The number of para-hydroxylation sites is 1. The predicted molar refractivity (Wildman–Crippen MR) is 106 cm³/mol. The highest BCUT2D eigenvalue weighted by molar-refractivity contribution is 5.89. The van der Waals surface area contributed by atoms with Crippen LogP contribution >= 0.6 is 0 Å². The monoisotopic (exact) mass is 372 g/mol. The highest BCUT2D eigenvalue weighted by Crippen LogP contribution is 2.39. The zero-order valence-corrected chi connectivity index (χ0v) is 15.1. The maximum absolute atomic E-state index is 13.4. The van der Waals surface area contributed by atoms with Crippen molar-refractivity contribution in [2.75, 3.05) is 13.9 Å². The van der Waals surface area contributed by atoms with Crippen molar-refractivity contribution in [1.82, 2.24) is 0 Å². The SMILES string of the molecule is COc1ccc(-c2oc3ccccc3c(=O)c2-c2ccc3c(c2)OCO3)cc1. The van der Waals surface area contributed by atoms with Crippen LogP contribution < -0.4 is 19.6 Å². The fraction of sp³-hybridized carbons (Fsp3) is 0.0870. The molecular formula is C23H16O5. The van der Waals surface area contributed by atoms with Crippen molar-refractivity contribution in [3.8, 4) is 39.7 Å². The lowest BCUT2D eigenvalue weighted by Gasteiger charge is -2.11. The quantitative estimate of drug-likeness (QED) is 0.514. The molecule has 138 valence electrons. The van der Waals surface area contributed by atoms with Gasteiger partial charge in [-0.2, -0.15) is 0 Å². The van der Waals surface area contributed by atoms with E-state index in [1.807, 2.05) is 54.6 Å². The fourth-order valence-electron chi connectivity index (χ4n) is 3.40. The summed E-state index contributed by atoms with van der Waals surface area (Å²) in [5.74, 6) is 2.52. The van der Waals surface area contributed by atoms with Gasteiger partial charge in [0.15, 0.2) is 11.5 Å². The summed E-state index contributed by atoms with van der Waals surface area (Å²) >= 11 is 0. The summed E-state index contributed by atoms with van der Waals surface area (Å²) in [5, 5.41) is 0.535. The molecule has 0 N–H and O–H groups in total.